The molecule has 6 nitrogen and oxygen atoms in total. The van der Waals surface area contributed by atoms with Crippen LogP contribution in [-0.4, -0.2) is 29.1 Å². The number of hydrogen-bond donors (Lipinski definition) is 1. The number of aromatic amines is 1. The van der Waals surface area contributed by atoms with Gasteiger partial charge in [0, 0.05) is 18.1 Å². The number of hydrogen-bond acceptors (Lipinski definition) is 6. The Morgan fingerprint density at radius 2 is 2.29 bits per heavy atom. The average Bonchev–Trinajstić information content (AvgIpc) is 3.23. The zero-order valence-electron chi connectivity index (χ0n) is 13.4. The Kier molecular flexibility index (Phi) is 4.49. The van der Waals surface area contributed by atoms with Gasteiger partial charge in [-0.25, -0.2) is 9.78 Å². The number of carbonyl (C=O) groups excluding carboxylic acids is 1. The maximum Gasteiger partial charge on any atom is 0.350 e. The van der Waals surface area contributed by atoms with Crippen LogP contribution >= 0.6 is 11.3 Å². The zero-order chi connectivity index (χ0) is 17.1. The summed E-state index contributed by atoms with van der Waals surface area (Å²) in [4.78, 5) is 21.9. The summed E-state index contributed by atoms with van der Waals surface area (Å²) in [7, 11) is 0. The monoisotopic (exact) mass is 340 g/mol. The van der Waals surface area contributed by atoms with E-state index in [1.165, 1.54) is 17.5 Å². The number of anilines is 2. The number of fused-ring (bicyclic) bond motifs is 1. The Hall–Kier alpha value is -2.85. The van der Waals surface area contributed by atoms with Crippen LogP contribution in [0, 0.1) is 11.3 Å². The molecule has 0 aliphatic heterocycles. The summed E-state index contributed by atoms with van der Waals surface area (Å²) in [5, 5.41) is 10.8. The van der Waals surface area contributed by atoms with Gasteiger partial charge >= 0.3 is 5.97 Å². The molecule has 1 N–H and O–H groups in total. The molecule has 0 saturated carbocycles. The van der Waals surface area contributed by atoms with Gasteiger partial charge in [-0.1, -0.05) is 23.5 Å². The molecule has 0 amide bonds. The van der Waals surface area contributed by atoms with Gasteiger partial charge < -0.3 is 14.6 Å². The van der Waals surface area contributed by atoms with Crippen molar-refractivity contribution in [3.05, 3.63) is 41.0 Å². The van der Waals surface area contributed by atoms with Crippen molar-refractivity contribution in [2.45, 2.75) is 13.8 Å². The number of nitrogens with zero attached hydrogens (tertiary/aromatic N) is 3. The number of rotatable bonds is 5. The van der Waals surface area contributed by atoms with E-state index in [1.807, 2.05) is 30.0 Å². The van der Waals surface area contributed by atoms with E-state index in [-0.39, 0.29) is 5.97 Å². The van der Waals surface area contributed by atoms with Crippen LogP contribution in [0.4, 0.5) is 10.8 Å². The van der Waals surface area contributed by atoms with Crippen LogP contribution in [0.25, 0.3) is 10.9 Å². The van der Waals surface area contributed by atoms with Gasteiger partial charge in [0.25, 0.3) is 0 Å². The first-order valence-electron chi connectivity index (χ1n) is 7.60. The van der Waals surface area contributed by atoms with Crippen molar-refractivity contribution in [2.75, 3.05) is 18.1 Å². The molecule has 0 atom stereocenters. The van der Waals surface area contributed by atoms with E-state index in [9.17, 15) is 10.1 Å². The fourth-order valence-electron chi connectivity index (χ4n) is 2.55. The van der Waals surface area contributed by atoms with Gasteiger partial charge in [0.05, 0.1) is 29.6 Å². The topological polar surface area (TPSA) is 82.0 Å². The highest BCUT2D eigenvalue weighted by atomic mass is 32.1. The lowest BCUT2D eigenvalue weighted by atomic mass is 10.1. The molecule has 7 heteroatoms. The van der Waals surface area contributed by atoms with Crippen molar-refractivity contribution in [2.24, 2.45) is 0 Å². The summed E-state index contributed by atoms with van der Waals surface area (Å²) >= 11 is 1.29. The number of nitrogens with one attached hydrogen (secondary N) is 1. The Morgan fingerprint density at radius 3 is 3.00 bits per heavy atom. The van der Waals surface area contributed by atoms with Crippen molar-refractivity contribution in [1.29, 1.82) is 5.26 Å². The molecule has 0 radical (unpaired) electrons. The molecular weight excluding hydrogens is 324 g/mol. The van der Waals surface area contributed by atoms with E-state index >= 15 is 0 Å². The summed E-state index contributed by atoms with van der Waals surface area (Å²) in [6, 6.07) is 7.97. The Morgan fingerprint density at radius 1 is 1.46 bits per heavy atom. The molecule has 0 bridgehead atoms. The lowest BCUT2D eigenvalue weighted by Crippen LogP contribution is -2.16. The number of benzene rings is 1. The van der Waals surface area contributed by atoms with Crippen LogP contribution in [0.15, 0.2) is 30.6 Å². The molecule has 0 unspecified atom stereocenters. The molecule has 0 saturated heterocycles. The lowest BCUT2D eigenvalue weighted by Gasteiger charge is -2.20. The third kappa shape index (κ3) is 2.72. The summed E-state index contributed by atoms with van der Waals surface area (Å²) in [5.41, 5.74) is 2.40. The number of esters is 1. The van der Waals surface area contributed by atoms with Crippen molar-refractivity contribution in [3.63, 3.8) is 0 Å². The SMILES string of the molecule is CCOC(=O)c1cnc(N(CC)c2cccc3c(C#N)c[nH]c23)s1. The number of nitriles is 1. The maximum atomic E-state index is 11.8. The standard InChI is InChI=1S/C17H16N4O2S/c1-3-21(17-20-10-14(24-17)16(22)23-4-2)13-7-5-6-12-11(8-18)9-19-15(12)13/h5-7,9-10,19H,3-4H2,1-2H3. The second-order valence-corrected chi connectivity index (χ2v) is 5.99. The van der Waals surface area contributed by atoms with Gasteiger partial charge in [-0.3, -0.25) is 0 Å². The third-order valence-electron chi connectivity index (χ3n) is 3.62. The molecular formula is C17H16N4O2S. The van der Waals surface area contributed by atoms with Crippen LogP contribution in [0.2, 0.25) is 0 Å². The molecule has 0 fully saturated rings. The van der Waals surface area contributed by atoms with E-state index in [2.05, 4.69) is 16.0 Å². The normalized spacial score (nSPS) is 10.5. The first-order chi connectivity index (χ1) is 11.7. The number of thiazole rings is 1. The van der Waals surface area contributed by atoms with Gasteiger partial charge in [-0.05, 0) is 19.9 Å². The van der Waals surface area contributed by atoms with E-state index in [4.69, 9.17) is 4.74 Å². The summed E-state index contributed by atoms with van der Waals surface area (Å²) in [6.07, 6.45) is 3.24. The van der Waals surface area contributed by atoms with Crippen molar-refractivity contribution < 1.29 is 9.53 Å². The Balaban J connectivity index is 2.03. The average molecular weight is 340 g/mol. The molecule has 122 valence electrons. The first kappa shape index (κ1) is 16.0. The fraction of sp³-hybridized carbons (Fsp3) is 0.235. The predicted molar refractivity (Wildman–Crippen MR) is 93.8 cm³/mol. The highest BCUT2D eigenvalue weighted by Crippen LogP contribution is 2.34. The van der Waals surface area contributed by atoms with E-state index in [0.29, 0.717) is 28.7 Å². The summed E-state index contributed by atoms with van der Waals surface area (Å²) in [5.74, 6) is -0.359. The molecule has 0 aliphatic rings. The van der Waals surface area contributed by atoms with Crippen LogP contribution in [0.5, 0.6) is 0 Å². The van der Waals surface area contributed by atoms with Crippen LogP contribution in [-0.2, 0) is 4.74 Å². The number of ether oxygens (including phenoxy) is 1. The highest BCUT2D eigenvalue weighted by molar-refractivity contribution is 7.17. The van der Waals surface area contributed by atoms with Gasteiger partial charge in [0.1, 0.15) is 10.9 Å². The van der Waals surface area contributed by atoms with Crippen LogP contribution in [0.1, 0.15) is 29.1 Å². The molecule has 2 heterocycles. The molecule has 0 aliphatic carbocycles. The first-order valence-corrected chi connectivity index (χ1v) is 8.41. The number of carbonyl (C=O) groups is 1. The van der Waals surface area contributed by atoms with E-state index in [0.717, 1.165) is 16.6 Å². The predicted octanol–water partition coefficient (Wildman–Crippen LogP) is 3.83. The molecule has 3 rings (SSSR count). The van der Waals surface area contributed by atoms with Crippen molar-refractivity contribution in [1.82, 2.24) is 9.97 Å². The van der Waals surface area contributed by atoms with Gasteiger partial charge in [-0.2, -0.15) is 5.26 Å². The lowest BCUT2D eigenvalue weighted by molar-refractivity contribution is 0.0532. The number of aromatic nitrogens is 2. The Labute approximate surface area is 143 Å². The van der Waals surface area contributed by atoms with Crippen LogP contribution in [0.3, 0.4) is 0 Å². The second kappa shape index (κ2) is 6.72. The molecule has 24 heavy (non-hydrogen) atoms. The van der Waals surface area contributed by atoms with E-state index < -0.39 is 0 Å². The molecule has 0 spiro atoms. The van der Waals surface area contributed by atoms with Crippen molar-refractivity contribution >= 4 is 39.0 Å². The minimum absolute atomic E-state index is 0.336. The molecule has 1 aromatic carbocycles. The Bertz CT molecular complexity index is 922. The number of para-hydroxylation sites is 1. The maximum absolute atomic E-state index is 11.8. The second-order valence-electron chi connectivity index (χ2n) is 4.99. The minimum Gasteiger partial charge on any atom is -0.462 e. The summed E-state index contributed by atoms with van der Waals surface area (Å²) < 4.78 is 5.02. The zero-order valence-corrected chi connectivity index (χ0v) is 14.2. The van der Waals surface area contributed by atoms with Crippen molar-refractivity contribution in [3.8, 4) is 6.07 Å². The highest BCUT2D eigenvalue weighted by Gasteiger charge is 2.19. The van der Waals surface area contributed by atoms with Gasteiger partial charge in [0.15, 0.2) is 5.13 Å². The van der Waals surface area contributed by atoms with E-state index in [1.54, 1.807) is 13.1 Å². The third-order valence-corrected chi connectivity index (χ3v) is 4.62. The fourth-order valence-corrected chi connectivity index (χ4v) is 3.44. The summed E-state index contributed by atoms with van der Waals surface area (Å²) in [6.45, 7) is 4.80. The van der Waals surface area contributed by atoms with Gasteiger partial charge in [0.2, 0.25) is 0 Å². The van der Waals surface area contributed by atoms with Crippen LogP contribution < -0.4 is 4.90 Å². The minimum atomic E-state index is -0.359. The van der Waals surface area contributed by atoms with Gasteiger partial charge in [-0.15, -0.1) is 0 Å². The number of H-pyrrole nitrogens is 1. The smallest absolute Gasteiger partial charge is 0.350 e. The molecule has 2 aromatic heterocycles. The quantitative estimate of drug-likeness (QED) is 0.714. The molecule has 3 aromatic rings. The largest absolute Gasteiger partial charge is 0.462 e.